The Labute approximate surface area is 103 Å². The highest BCUT2D eigenvalue weighted by Gasteiger charge is 2.10. The van der Waals surface area contributed by atoms with Gasteiger partial charge in [-0.25, -0.2) is 4.98 Å². The van der Waals surface area contributed by atoms with Crippen LogP contribution < -0.4 is 5.56 Å². The van der Waals surface area contributed by atoms with Crippen LogP contribution in [0.25, 0.3) is 10.2 Å². The molecule has 0 unspecified atom stereocenters. The molecule has 2 heterocycles. The SMILES string of the molecule is CCCC(=O)Cn1cnc2c(C)csc2c1=O. The van der Waals surface area contributed by atoms with Crippen molar-refractivity contribution >= 4 is 27.3 Å². The molecule has 0 aromatic carbocycles. The maximum Gasteiger partial charge on any atom is 0.271 e. The number of carbonyl (C=O) groups is 1. The molecule has 4 nitrogen and oxygen atoms in total. The first-order chi connectivity index (χ1) is 8.13. The van der Waals surface area contributed by atoms with Gasteiger partial charge in [0.2, 0.25) is 0 Å². The quantitative estimate of drug-likeness (QED) is 0.835. The predicted molar refractivity (Wildman–Crippen MR) is 68.5 cm³/mol. The van der Waals surface area contributed by atoms with E-state index in [1.165, 1.54) is 22.2 Å². The summed E-state index contributed by atoms with van der Waals surface area (Å²) in [6, 6.07) is 0. The molecule has 90 valence electrons. The van der Waals surface area contributed by atoms with Gasteiger partial charge in [-0.1, -0.05) is 6.92 Å². The summed E-state index contributed by atoms with van der Waals surface area (Å²) in [4.78, 5) is 27.8. The summed E-state index contributed by atoms with van der Waals surface area (Å²) in [5.74, 6) is 0.0732. The minimum atomic E-state index is -0.113. The summed E-state index contributed by atoms with van der Waals surface area (Å²) in [5.41, 5.74) is 1.64. The lowest BCUT2D eigenvalue weighted by Crippen LogP contribution is -2.23. The van der Waals surface area contributed by atoms with Crippen LogP contribution in [0.2, 0.25) is 0 Å². The minimum absolute atomic E-state index is 0.0732. The number of aromatic nitrogens is 2. The van der Waals surface area contributed by atoms with Gasteiger partial charge in [0, 0.05) is 6.42 Å². The highest BCUT2D eigenvalue weighted by molar-refractivity contribution is 7.17. The van der Waals surface area contributed by atoms with Crippen LogP contribution in [0.15, 0.2) is 16.5 Å². The molecule has 0 fully saturated rings. The smallest absolute Gasteiger partial charge is 0.271 e. The number of nitrogens with zero attached hydrogens (tertiary/aromatic N) is 2. The lowest BCUT2D eigenvalue weighted by Gasteiger charge is -2.03. The molecule has 0 spiro atoms. The summed E-state index contributed by atoms with van der Waals surface area (Å²) < 4.78 is 2.03. The molecule has 0 aliphatic carbocycles. The van der Waals surface area contributed by atoms with Crippen molar-refractivity contribution in [2.45, 2.75) is 33.2 Å². The molecule has 0 aliphatic heterocycles. The maximum atomic E-state index is 12.1. The molecule has 0 atom stereocenters. The first kappa shape index (κ1) is 12.0. The van der Waals surface area contributed by atoms with Crippen molar-refractivity contribution < 1.29 is 4.79 Å². The molecule has 0 saturated heterocycles. The summed E-state index contributed by atoms with van der Waals surface area (Å²) in [6.07, 6.45) is 2.78. The molecule has 0 radical (unpaired) electrons. The molecule has 5 heteroatoms. The standard InChI is InChI=1S/C12H14N2O2S/c1-3-4-9(15)5-14-7-13-10-8(2)6-17-11(10)12(14)16/h6-7H,3-5H2,1-2H3. The van der Waals surface area contributed by atoms with Crippen LogP contribution in [0, 0.1) is 6.92 Å². The number of carbonyl (C=O) groups excluding carboxylic acids is 1. The Kier molecular flexibility index (Phi) is 3.38. The molecule has 2 rings (SSSR count). The van der Waals surface area contributed by atoms with Crippen LogP contribution in [-0.4, -0.2) is 15.3 Å². The highest BCUT2D eigenvalue weighted by atomic mass is 32.1. The number of ketones is 1. The zero-order valence-electron chi connectivity index (χ0n) is 9.90. The molecule has 0 aliphatic rings. The van der Waals surface area contributed by atoms with Crippen LogP contribution in [0.1, 0.15) is 25.3 Å². The van der Waals surface area contributed by atoms with Gasteiger partial charge in [-0.3, -0.25) is 14.2 Å². The van der Waals surface area contributed by atoms with Crippen LogP contribution >= 0.6 is 11.3 Å². The van der Waals surface area contributed by atoms with Crippen LogP contribution in [0.5, 0.6) is 0 Å². The average molecular weight is 250 g/mol. The van der Waals surface area contributed by atoms with Gasteiger partial charge in [-0.2, -0.15) is 0 Å². The van der Waals surface area contributed by atoms with Gasteiger partial charge >= 0.3 is 0 Å². The fraction of sp³-hybridized carbons (Fsp3) is 0.417. The Balaban J connectivity index is 2.40. The van der Waals surface area contributed by atoms with Gasteiger partial charge in [0.1, 0.15) is 4.70 Å². The van der Waals surface area contributed by atoms with Crippen LogP contribution in [-0.2, 0) is 11.3 Å². The average Bonchev–Trinajstić information content (AvgIpc) is 2.66. The van der Waals surface area contributed by atoms with Gasteiger partial charge in [-0.05, 0) is 24.3 Å². The number of thiophene rings is 1. The lowest BCUT2D eigenvalue weighted by molar-refractivity contribution is -0.119. The predicted octanol–water partition coefficient (Wildman–Crippen LogP) is 2.14. The van der Waals surface area contributed by atoms with E-state index in [0.717, 1.165) is 17.5 Å². The second kappa shape index (κ2) is 4.79. The maximum absolute atomic E-state index is 12.1. The fourth-order valence-electron chi connectivity index (χ4n) is 1.72. The number of rotatable bonds is 4. The van der Waals surface area contributed by atoms with E-state index < -0.39 is 0 Å². The number of aryl methyl sites for hydroxylation is 1. The molecular weight excluding hydrogens is 236 g/mol. The largest absolute Gasteiger partial charge is 0.298 e. The Morgan fingerprint density at radius 1 is 1.53 bits per heavy atom. The third kappa shape index (κ3) is 2.29. The first-order valence-electron chi connectivity index (χ1n) is 5.58. The van der Waals surface area contributed by atoms with E-state index in [4.69, 9.17) is 0 Å². The molecule has 0 bridgehead atoms. The van der Waals surface area contributed by atoms with Crippen molar-refractivity contribution in [3.05, 3.63) is 27.6 Å². The second-order valence-corrected chi connectivity index (χ2v) is 4.94. The number of Topliss-reactive ketones (excluding diaryl/α,β-unsaturated/α-hetero) is 1. The minimum Gasteiger partial charge on any atom is -0.298 e. The van der Waals surface area contributed by atoms with Crippen molar-refractivity contribution in [1.29, 1.82) is 0 Å². The van der Waals surface area contributed by atoms with Gasteiger partial charge in [0.05, 0.1) is 18.4 Å². The monoisotopic (exact) mass is 250 g/mol. The van der Waals surface area contributed by atoms with Crippen molar-refractivity contribution in [2.75, 3.05) is 0 Å². The third-order valence-electron chi connectivity index (χ3n) is 2.60. The first-order valence-corrected chi connectivity index (χ1v) is 6.46. The summed E-state index contributed by atoms with van der Waals surface area (Å²) in [6.45, 7) is 4.01. The van der Waals surface area contributed by atoms with E-state index >= 15 is 0 Å². The van der Waals surface area contributed by atoms with Crippen molar-refractivity contribution in [2.24, 2.45) is 0 Å². The topological polar surface area (TPSA) is 52.0 Å². The number of hydrogen-bond acceptors (Lipinski definition) is 4. The third-order valence-corrected chi connectivity index (χ3v) is 3.67. The Hall–Kier alpha value is -1.49. The van der Waals surface area contributed by atoms with Gasteiger partial charge < -0.3 is 0 Å². The van der Waals surface area contributed by atoms with E-state index in [2.05, 4.69) is 4.98 Å². The molecule has 17 heavy (non-hydrogen) atoms. The molecule has 2 aromatic rings. The van der Waals surface area contributed by atoms with Gasteiger partial charge in [-0.15, -0.1) is 11.3 Å². The molecule has 0 N–H and O–H groups in total. The van der Waals surface area contributed by atoms with E-state index in [1.54, 1.807) is 0 Å². The zero-order chi connectivity index (χ0) is 12.4. The van der Waals surface area contributed by atoms with Crippen molar-refractivity contribution in [1.82, 2.24) is 9.55 Å². The van der Waals surface area contributed by atoms with Crippen molar-refractivity contribution in [3.63, 3.8) is 0 Å². The normalized spacial score (nSPS) is 10.9. The Morgan fingerprint density at radius 3 is 3.00 bits per heavy atom. The Morgan fingerprint density at radius 2 is 2.29 bits per heavy atom. The van der Waals surface area contributed by atoms with E-state index in [1.807, 2.05) is 19.2 Å². The molecule has 0 saturated carbocycles. The molecular formula is C12H14N2O2S. The summed E-state index contributed by atoms with van der Waals surface area (Å²) in [7, 11) is 0. The molecule has 0 amide bonds. The van der Waals surface area contributed by atoms with Crippen LogP contribution in [0.3, 0.4) is 0 Å². The van der Waals surface area contributed by atoms with Crippen molar-refractivity contribution in [3.8, 4) is 0 Å². The second-order valence-electron chi connectivity index (χ2n) is 4.06. The Bertz CT molecular complexity index is 612. The van der Waals surface area contributed by atoms with Crippen LogP contribution in [0.4, 0.5) is 0 Å². The van der Waals surface area contributed by atoms with E-state index in [-0.39, 0.29) is 17.9 Å². The number of hydrogen-bond donors (Lipinski definition) is 0. The summed E-state index contributed by atoms with van der Waals surface area (Å²) >= 11 is 1.39. The molecule has 2 aromatic heterocycles. The van der Waals surface area contributed by atoms with E-state index in [9.17, 15) is 9.59 Å². The number of fused-ring (bicyclic) bond motifs is 1. The van der Waals surface area contributed by atoms with E-state index in [0.29, 0.717) is 11.1 Å². The van der Waals surface area contributed by atoms with Gasteiger partial charge in [0.25, 0.3) is 5.56 Å². The summed E-state index contributed by atoms with van der Waals surface area (Å²) in [5, 5.41) is 1.91. The zero-order valence-corrected chi connectivity index (χ0v) is 10.7. The highest BCUT2D eigenvalue weighted by Crippen LogP contribution is 2.19. The lowest BCUT2D eigenvalue weighted by atomic mass is 10.2. The fourth-order valence-corrected chi connectivity index (χ4v) is 2.67. The van der Waals surface area contributed by atoms with Gasteiger partial charge in [0.15, 0.2) is 5.78 Å².